The Hall–Kier alpha value is -2.55. The molecule has 1 aromatic rings. The Morgan fingerprint density at radius 2 is 1.80 bits per heavy atom. The molecule has 134 valence electrons. The van der Waals surface area contributed by atoms with E-state index >= 15 is 0 Å². The Morgan fingerprint density at radius 1 is 1.24 bits per heavy atom. The molecule has 2 amide bonds. The van der Waals surface area contributed by atoms with Gasteiger partial charge < -0.3 is 15.4 Å². The zero-order chi connectivity index (χ0) is 19.0. The molecule has 0 radical (unpaired) electrons. The van der Waals surface area contributed by atoms with E-state index < -0.39 is 35.1 Å². The first-order valence-corrected chi connectivity index (χ1v) is 7.18. The molecule has 0 aromatic heterocycles. The minimum Gasteiger partial charge on any atom is -0.466 e. The number of alkyl halides is 3. The molecule has 0 spiro atoms. The number of carbonyl (C=O) groups is 3. The lowest BCUT2D eigenvalue weighted by atomic mass is 9.89. The Labute approximate surface area is 145 Å². The highest BCUT2D eigenvalue weighted by Gasteiger charge is 2.69. The number of rotatable bonds is 3. The third-order valence-electron chi connectivity index (χ3n) is 3.61. The van der Waals surface area contributed by atoms with Gasteiger partial charge >= 0.3 is 12.1 Å². The first kappa shape index (κ1) is 18.8. The number of amides is 2. The van der Waals surface area contributed by atoms with E-state index in [1.807, 2.05) is 5.32 Å². The standard InChI is InChI=1S/C15H12ClF3N2O4/c1-7-10(12(23)25-2)14(13(24)20-7,15(17,18)19)21-11(22)8-3-5-9(16)6-4-8/h3-6H,1-2H3,(H,20,24)(H,21,22). The van der Waals surface area contributed by atoms with Crippen molar-refractivity contribution < 1.29 is 32.3 Å². The van der Waals surface area contributed by atoms with Crippen LogP contribution in [0.5, 0.6) is 0 Å². The zero-order valence-electron chi connectivity index (χ0n) is 13.0. The summed E-state index contributed by atoms with van der Waals surface area (Å²) < 4.78 is 45.7. The van der Waals surface area contributed by atoms with Crippen molar-refractivity contribution in [3.05, 3.63) is 46.1 Å². The summed E-state index contributed by atoms with van der Waals surface area (Å²) >= 11 is 5.67. The van der Waals surface area contributed by atoms with Crippen molar-refractivity contribution in [1.82, 2.24) is 10.6 Å². The van der Waals surface area contributed by atoms with E-state index in [-0.39, 0.29) is 16.3 Å². The van der Waals surface area contributed by atoms with E-state index in [1.165, 1.54) is 24.3 Å². The van der Waals surface area contributed by atoms with Crippen LogP contribution in [0.4, 0.5) is 13.2 Å². The van der Waals surface area contributed by atoms with Gasteiger partial charge in [-0.2, -0.15) is 13.2 Å². The molecule has 0 saturated heterocycles. The molecule has 6 nitrogen and oxygen atoms in total. The average molecular weight is 377 g/mol. The fourth-order valence-electron chi connectivity index (χ4n) is 2.43. The van der Waals surface area contributed by atoms with E-state index in [0.29, 0.717) is 0 Å². The minimum atomic E-state index is -5.29. The van der Waals surface area contributed by atoms with Crippen molar-refractivity contribution >= 4 is 29.4 Å². The lowest BCUT2D eigenvalue weighted by Gasteiger charge is -2.31. The maximum atomic E-state index is 13.8. The van der Waals surface area contributed by atoms with Gasteiger partial charge in [0, 0.05) is 16.3 Å². The molecular weight excluding hydrogens is 365 g/mol. The second-order valence-corrected chi connectivity index (χ2v) is 5.59. The quantitative estimate of drug-likeness (QED) is 0.790. The topological polar surface area (TPSA) is 84.5 Å². The summed E-state index contributed by atoms with van der Waals surface area (Å²) in [4.78, 5) is 36.2. The van der Waals surface area contributed by atoms with Crippen molar-refractivity contribution in [3.63, 3.8) is 0 Å². The highest BCUT2D eigenvalue weighted by Crippen LogP contribution is 2.41. The number of esters is 1. The molecule has 0 saturated carbocycles. The van der Waals surface area contributed by atoms with Gasteiger partial charge in [-0.3, -0.25) is 9.59 Å². The van der Waals surface area contributed by atoms with Crippen molar-refractivity contribution in [1.29, 1.82) is 0 Å². The van der Waals surface area contributed by atoms with Gasteiger partial charge in [-0.25, -0.2) is 4.79 Å². The molecule has 1 aliphatic heterocycles. The summed E-state index contributed by atoms with van der Waals surface area (Å²) in [5.41, 5.74) is -5.10. The van der Waals surface area contributed by atoms with Crippen molar-refractivity contribution in [3.8, 4) is 0 Å². The van der Waals surface area contributed by atoms with Crippen LogP contribution in [0.2, 0.25) is 5.02 Å². The Morgan fingerprint density at radius 3 is 2.28 bits per heavy atom. The molecule has 10 heteroatoms. The van der Waals surface area contributed by atoms with Crippen molar-refractivity contribution in [2.75, 3.05) is 7.11 Å². The maximum absolute atomic E-state index is 13.8. The number of carbonyl (C=O) groups excluding carboxylic acids is 3. The summed E-state index contributed by atoms with van der Waals surface area (Å²) in [5.74, 6) is -4.19. The molecule has 25 heavy (non-hydrogen) atoms. The van der Waals surface area contributed by atoms with Gasteiger partial charge in [-0.15, -0.1) is 0 Å². The molecule has 2 rings (SSSR count). The summed E-state index contributed by atoms with van der Waals surface area (Å²) in [6.45, 7) is 1.10. The Kier molecular flexibility index (Phi) is 4.81. The summed E-state index contributed by atoms with van der Waals surface area (Å²) in [6.07, 6.45) is -5.29. The van der Waals surface area contributed by atoms with Gasteiger partial charge in [-0.05, 0) is 31.2 Å². The van der Waals surface area contributed by atoms with Gasteiger partial charge in [0.2, 0.25) is 5.54 Å². The number of allylic oxidation sites excluding steroid dienone is 1. The second-order valence-electron chi connectivity index (χ2n) is 5.15. The van der Waals surface area contributed by atoms with Gasteiger partial charge in [0.1, 0.15) is 5.57 Å². The Balaban J connectivity index is 2.55. The third-order valence-corrected chi connectivity index (χ3v) is 3.87. The van der Waals surface area contributed by atoms with Crippen molar-refractivity contribution in [2.24, 2.45) is 0 Å². The number of halogens is 4. The van der Waals surface area contributed by atoms with Crippen LogP contribution in [0, 0.1) is 0 Å². The van der Waals surface area contributed by atoms with Crippen LogP contribution in [0.15, 0.2) is 35.5 Å². The smallest absolute Gasteiger partial charge is 0.425 e. The normalized spacial score (nSPS) is 20.3. The number of ether oxygens (including phenoxy) is 1. The highest BCUT2D eigenvalue weighted by atomic mass is 35.5. The molecule has 1 aliphatic rings. The highest BCUT2D eigenvalue weighted by molar-refractivity contribution is 6.30. The molecule has 0 fully saturated rings. The fourth-order valence-corrected chi connectivity index (χ4v) is 2.56. The van der Waals surface area contributed by atoms with Crippen LogP contribution < -0.4 is 10.6 Å². The van der Waals surface area contributed by atoms with Crippen LogP contribution in [0.25, 0.3) is 0 Å². The second kappa shape index (κ2) is 6.40. The Bertz CT molecular complexity index is 774. The van der Waals surface area contributed by atoms with Gasteiger partial charge in [-0.1, -0.05) is 11.6 Å². The maximum Gasteiger partial charge on any atom is 0.425 e. The monoisotopic (exact) mass is 376 g/mol. The van der Waals surface area contributed by atoms with Gasteiger partial charge in [0.25, 0.3) is 11.8 Å². The van der Waals surface area contributed by atoms with E-state index in [4.69, 9.17) is 11.6 Å². The summed E-state index contributed by atoms with van der Waals surface area (Å²) in [7, 11) is 0.869. The molecule has 2 N–H and O–H groups in total. The van der Waals surface area contributed by atoms with Crippen LogP contribution in [-0.2, 0) is 14.3 Å². The fraction of sp³-hybridized carbons (Fsp3) is 0.267. The average Bonchev–Trinajstić information content (AvgIpc) is 2.78. The molecule has 1 heterocycles. The summed E-state index contributed by atoms with van der Waals surface area (Å²) in [5, 5.41) is 3.84. The van der Waals surface area contributed by atoms with Crippen LogP contribution >= 0.6 is 11.6 Å². The molecule has 1 unspecified atom stereocenters. The zero-order valence-corrected chi connectivity index (χ0v) is 13.7. The summed E-state index contributed by atoms with van der Waals surface area (Å²) in [6, 6.07) is 4.97. The number of methoxy groups -OCH3 is 1. The van der Waals surface area contributed by atoms with E-state index in [1.54, 1.807) is 5.32 Å². The van der Waals surface area contributed by atoms with E-state index in [9.17, 15) is 27.6 Å². The predicted octanol–water partition coefficient (Wildman–Crippen LogP) is 1.95. The lowest BCUT2D eigenvalue weighted by molar-refractivity contribution is -0.188. The lowest BCUT2D eigenvalue weighted by Crippen LogP contribution is -2.66. The molecule has 1 aromatic carbocycles. The number of hydrogen-bond donors (Lipinski definition) is 2. The largest absolute Gasteiger partial charge is 0.466 e. The molecule has 0 aliphatic carbocycles. The van der Waals surface area contributed by atoms with Crippen LogP contribution in [0.1, 0.15) is 17.3 Å². The minimum absolute atomic E-state index is 0.172. The van der Waals surface area contributed by atoms with Gasteiger partial charge in [0.15, 0.2) is 0 Å². The third kappa shape index (κ3) is 3.07. The molecule has 1 atom stereocenters. The van der Waals surface area contributed by atoms with E-state index in [0.717, 1.165) is 14.0 Å². The number of nitrogens with one attached hydrogen (secondary N) is 2. The first-order valence-electron chi connectivity index (χ1n) is 6.80. The predicted molar refractivity (Wildman–Crippen MR) is 80.6 cm³/mol. The van der Waals surface area contributed by atoms with Gasteiger partial charge in [0.05, 0.1) is 7.11 Å². The molecule has 0 bridgehead atoms. The van der Waals surface area contributed by atoms with Crippen molar-refractivity contribution in [2.45, 2.75) is 18.6 Å². The van der Waals surface area contributed by atoms with Crippen LogP contribution in [0.3, 0.4) is 0 Å². The SMILES string of the molecule is COC(=O)C1=C(C)NC(=O)C1(NC(=O)c1ccc(Cl)cc1)C(F)(F)F. The molecular formula is C15H12ClF3N2O4. The van der Waals surface area contributed by atoms with E-state index in [2.05, 4.69) is 4.74 Å². The first-order chi connectivity index (χ1) is 11.5. The number of benzene rings is 1. The number of hydrogen-bond acceptors (Lipinski definition) is 4. The van der Waals surface area contributed by atoms with Crippen LogP contribution in [-0.4, -0.2) is 36.6 Å².